The van der Waals surface area contributed by atoms with Gasteiger partial charge in [0.2, 0.25) is 5.28 Å². The second kappa shape index (κ2) is 4.54. The van der Waals surface area contributed by atoms with Crippen molar-refractivity contribution in [2.75, 3.05) is 11.4 Å². The highest BCUT2D eigenvalue weighted by Crippen LogP contribution is 2.31. The molecule has 0 aromatic carbocycles. The average molecular weight is 246 g/mol. The Morgan fingerprint density at radius 2 is 2.33 bits per heavy atom. The fraction of sp³-hybridized carbons (Fsp3) is 0.600. The van der Waals surface area contributed by atoms with Crippen LogP contribution in [0.4, 0.5) is 5.82 Å². The molecular weight excluding hydrogens is 233 g/mol. The standard InChI is InChI=1S/C10H13Cl2N3/c1-2-7-4-3-5-15(7)9-8(11)6-13-10(12)14-9/h6-7H,2-5H2,1H3. The zero-order valence-electron chi connectivity index (χ0n) is 8.58. The van der Waals surface area contributed by atoms with Crippen molar-refractivity contribution in [1.29, 1.82) is 0 Å². The highest BCUT2D eigenvalue weighted by atomic mass is 35.5. The molecule has 1 aliphatic heterocycles. The molecule has 0 saturated carbocycles. The van der Waals surface area contributed by atoms with E-state index in [1.807, 2.05) is 0 Å². The maximum Gasteiger partial charge on any atom is 0.224 e. The lowest BCUT2D eigenvalue weighted by Gasteiger charge is -2.25. The third kappa shape index (κ3) is 2.18. The summed E-state index contributed by atoms with van der Waals surface area (Å²) < 4.78 is 0. The molecule has 1 aliphatic rings. The molecule has 82 valence electrons. The minimum atomic E-state index is 0.260. The summed E-state index contributed by atoms with van der Waals surface area (Å²) in [6.07, 6.45) is 5.07. The van der Waals surface area contributed by atoms with Crippen LogP contribution in [0.2, 0.25) is 10.3 Å². The van der Waals surface area contributed by atoms with Crippen molar-refractivity contribution in [3.63, 3.8) is 0 Å². The monoisotopic (exact) mass is 245 g/mol. The lowest BCUT2D eigenvalue weighted by molar-refractivity contribution is 0.640. The summed E-state index contributed by atoms with van der Waals surface area (Å²) in [5.41, 5.74) is 0. The Hall–Kier alpha value is -0.540. The molecule has 1 saturated heterocycles. The van der Waals surface area contributed by atoms with Gasteiger partial charge >= 0.3 is 0 Å². The maximum absolute atomic E-state index is 6.07. The molecule has 15 heavy (non-hydrogen) atoms. The van der Waals surface area contributed by atoms with E-state index in [2.05, 4.69) is 21.8 Å². The molecule has 0 aliphatic carbocycles. The minimum absolute atomic E-state index is 0.260. The molecule has 5 heteroatoms. The first kappa shape index (κ1) is 11.0. The van der Waals surface area contributed by atoms with Gasteiger partial charge in [-0.3, -0.25) is 0 Å². The van der Waals surface area contributed by atoms with Crippen molar-refractivity contribution in [2.45, 2.75) is 32.2 Å². The third-order valence-electron chi connectivity index (χ3n) is 2.82. The van der Waals surface area contributed by atoms with Crippen LogP contribution in [0.25, 0.3) is 0 Å². The molecule has 0 radical (unpaired) electrons. The predicted molar refractivity (Wildman–Crippen MR) is 62.7 cm³/mol. The van der Waals surface area contributed by atoms with Gasteiger partial charge in [-0.1, -0.05) is 18.5 Å². The summed E-state index contributed by atoms with van der Waals surface area (Å²) in [4.78, 5) is 10.3. The van der Waals surface area contributed by atoms with Crippen LogP contribution in [0.3, 0.4) is 0 Å². The number of nitrogens with zero attached hydrogens (tertiary/aromatic N) is 3. The zero-order chi connectivity index (χ0) is 10.8. The van der Waals surface area contributed by atoms with E-state index >= 15 is 0 Å². The van der Waals surface area contributed by atoms with Crippen LogP contribution in [-0.2, 0) is 0 Å². The zero-order valence-corrected chi connectivity index (χ0v) is 10.1. The highest BCUT2D eigenvalue weighted by Gasteiger charge is 2.26. The average Bonchev–Trinajstić information content (AvgIpc) is 2.69. The first-order valence-corrected chi connectivity index (χ1v) is 5.92. The predicted octanol–water partition coefficient (Wildman–Crippen LogP) is 3.16. The normalized spacial score (nSPS) is 21.0. The minimum Gasteiger partial charge on any atom is -0.352 e. The van der Waals surface area contributed by atoms with Crippen LogP contribution in [0.15, 0.2) is 6.20 Å². The smallest absolute Gasteiger partial charge is 0.224 e. The maximum atomic E-state index is 6.07. The third-order valence-corrected chi connectivity index (χ3v) is 3.27. The van der Waals surface area contributed by atoms with E-state index < -0.39 is 0 Å². The SMILES string of the molecule is CCC1CCCN1c1nc(Cl)ncc1Cl. The molecule has 2 heterocycles. The molecule has 1 fully saturated rings. The lowest BCUT2D eigenvalue weighted by atomic mass is 10.2. The molecule has 1 aromatic rings. The van der Waals surface area contributed by atoms with Crippen LogP contribution in [0, 0.1) is 0 Å². The Morgan fingerprint density at radius 3 is 3.07 bits per heavy atom. The molecule has 1 aromatic heterocycles. The summed E-state index contributed by atoms with van der Waals surface area (Å²) in [6, 6.07) is 0.536. The largest absolute Gasteiger partial charge is 0.352 e. The van der Waals surface area contributed by atoms with E-state index in [4.69, 9.17) is 23.2 Å². The Balaban J connectivity index is 2.31. The van der Waals surface area contributed by atoms with Crippen molar-refractivity contribution in [1.82, 2.24) is 9.97 Å². The van der Waals surface area contributed by atoms with Gasteiger partial charge in [0, 0.05) is 12.6 Å². The fourth-order valence-corrected chi connectivity index (χ4v) is 2.41. The van der Waals surface area contributed by atoms with Gasteiger partial charge in [0.1, 0.15) is 5.02 Å². The number of hydrogen-bond acceptors (Lipinski definition) is 3. The van der Waals surface area contributed by atoms with Gasteiger partial charge in [-0.2, -0.15) is 4.98 Å². The number of halogens is 2. The number of anilines is 1. The summed E-state index contributed by atoms with van der Waals surface area (Å²) in [5, 5.41) is 0.843. The molecule has 0 N–H and O–H groups in total. The van der Waals surface area contributed by atoms with Gasteiger partial charge in [-0.15, -0.1) is 0 Å². The van der Waals surface area contributed by atoms with Crippen LogP contribution in [0.5, 0.6) is 0 Å². The number of hydrogen-bond donors (Lipinski definition) is 0. The molecule has 0 amide bonds. The second-order valence-corrected chi connectivity index (χ2v) is 4.45. The molecule has 3 nitrogen and oxygen atoms in total. The van der Waals surface area contributed by atoms with Crippen molar-refractivity contribution in [3.05, 3.63) is 16.5 Å². The molecular formula is C10H13Cl2N3. The molecule has 0 spiro atoms. The van der Waals surface area contributed by atoms with E-state index in [-0.39, 0.29) is 5.28 Å². The number of aromatic nitrogens is 2. The quantitative estimate of drug-likeness (QED) is 0.750. The molecule has 1 atom stereocenters. The van der Waals surface area contributed by atoms with E-state index in [1.165, 1.54) is 12.8 Å². The van der Waals surface area contributed by atoms with Crippen molar-refractivity contribution >= 4 is 29.0 Å². The Morgan fingerprint density at radius 1 is 1.53 bits per heavy atom. The fourth-order valence-electron chi connectivity index (χ4n) is 2.08. The van der Waals surface area contributed by atoms with E-state index in [9.17, 15) is 0 Å². The van der Waals surface area contributed by atoms with E-state index in [0.29, 0.717) is 11.1 Å². The van der Waals surface area contributed by atoms with Crippen molar-refractivity contribution in [3.8, 4) is 0 Å². The van der Waals surface area contributed by atoms with Gasteiger partial charge in [0.05, 0.1) is 6.20 Å². The Labute approximate surface area is 99.4 Å². The lowest BCUT2D eigenvalue weighted by Crippen LogP contribution is -2.29. The van der Waals surface area contributed by atoms with E-state index in [0.717, 1.165) is 18.8 Å². The van der Waals surface area contributed by atoms with Gasteiger partial charge in [0.15, 0.2) is 5.82 Å². The van der Waals surface area contributed by atoms with Gasteiger partial charge in [0.25, 0.3) is 0 Å². The van der Waals surface area contributed by atoms with Crippen molar-refractivity contribution < 1.29 is 0 Å². The van der Waals surface area contributed by atoms with Crippen LogP contribution in [0.1, 0.15) is 26.2 Å². The van der Waals surface area contributed by atoms with Gasteiger partial charge < -0.3 is 4.90 Å². The summed E-state index contributed by atoms with van der Waals surface area (Å²) in [5.74, 6) is 0.779. The first-order chi connectivity index (χ1) is 7.22. The second-order valence-electron chi connectivity index (χ2n) is 3.71. The summed E-state index contributed by atoms with van der Waals surface area (Å²) in [7, 11) is 0. The summed E-state index contributed by atoms with van der Waals surface area (Å²) in [6.45, 7) is 3.19. The van der Waals surface area contributed by atoms with Crippen LogP contribution >= 0.6 is 23.2 Å². The van der Waals surface area contributed by atoms with Crippen molar-refractivity contribution in [2.24, 2.45) is 0 Å². The van der Waals surface area contributed by atoms with Gasteiger partial charge in [-0.05, 0) is 30.9 Å². The topological polar surface area (TPSA) is 29.0 Å². The van der Waals surface area contributed by atoms with Crippen LogP contribution < -0.4 is 4.90 Å². The molecule has 0 bridgehead atoms. The Bertz CT molecular complexity index is 357. The molecule has 1 unspecified atom stereocenters. The van der Waals surface area contributed by atoms with Crippen LogP contribution in [-0.4, -0.2) is 22.6 Å². The number of rotatable bonds is 2. The Kier molecular flexibility index (Phi) is 3.32. The molecule has 2 rings (SSSR count). The summed E-state index contributed by atoms with van der Waals surface area (Å²) >= 11 is 11.9. The van der Waals surface area contributed by atoms with E-state index in [1.54, 1.807) is 6.20 Å². The van der Waals surface area contributed by atoms with Gasteiger partial charge in [-0.25, -0.2) is 4.98 Å². The highest BCUT2D eigenvalue weighted by molar-refractivity contribution is 6.33. The first-order valence-electron chi connectivity index (χ1n) is 5.17.